The summed E-state index contributed by atoms with van der Waals surface area (Å²) < 4.78 is 0. The number of carbonyl (C=O) groups is 3. The van der Waals surface area contributed by atoms with E-state index >= 15 is 0 Å². The molecule has 144 valence electrons. The minimum absolute atomic E-state index is 0.0125. The molecule has 1 rings (SSSR count). The van der Waals surface area contributed by atoms with Gasteiger partial charge >= 0.3 is 0 Å². The van der Waals surface area contributed by atoms with Gasteiger partial charge in [-0.1, -0.05) is 39.8 Å². The molecule has 0 aliphatic rings. The van der Waals surface area contributed by atoms with Crippen LogP contribution in [0.15, 0.2) is 24.3 Å². The van der Waals surface area contributed by atoms with Gasteiger partial charge in [0.05, 0.1) is 6.04 Å². The smallest absolute Gasteiger partial charge is 0.225 e. The molecule has 3 N–H and O–H groups in total. The number of hydrogen-bond donors (Lipinski definition) is 3. The molecule has 0 heterocycles. The van der Waals surface area contributed by atoms with Crippen LogP contribution >= 0.6 is 0 Å². The maximum absolute atomic E-state index is 12.0. The van der Waals surface area contributed by atoms with E-state index in [1.165, 1.54) is 0 Å². The topological polar surface area (TPSA) is 87.3 Å². The molecule has 6 nitrogen and oxygen atoms in total. The van der Waals surface area contributed by atoms with Gasteiger partial charge in [0.2, 0.25) is 17.7 Å². The third kappa shape index (κ3) is 7.68. The summed E-state index contributed by atoms with van der Waals surface area (Å²) in [6.45, 7) is 9.78. The molecule has 26 heavy (non-hydrogen) atoms. The van der Waals surface area contributed by atoms with Crippen LogP contribution in [-0.2, 0) is 14.4 Å². The monoisotopic (exact) mass is 361 g/mol. The van der Waals surface area contributed by atoms with E-state index in [2.05, 4.69) is 16.0 Å². The quantitative estimate of drug-likeness (QED) is 0.622. The molecule has 0 spiro atoms. The first-order valence-corrected chi connectivity index (χ1v) is 9.11. The molecule has 3 amide bonds. The fourth-order valence-electron chi connectivity index (χ4n) is 2.22. The van der Waals surface area contributed by atoms with E-state index in [0.29, 0.717) is 25.8 Å². The average Bonchev–Trinajstić information content (AvgIpc) is 2.58. The first-order valence-electron chi connectivity index (χ1n) is 9.11. The van der Waals surface area contributed by atoms with Crippen LogP contribution in [0.3, 0.4) is 0 Å². The highest BCUT2D eigenvalue weighted by Gasteiger charge is 2.20. The minimum Gasteiger partial charge on any atom is -0.356 e. The molecule has 0 aliphatic carbocycles. The maximum Gasteiger partial charge on any atom is 0.225 e. The Hall–Kier alpha value is -2.37. The van der Waals surface area contributed by atoms with Crippen LogP contribution in [0.1, 0.15) is 65.5 Å². The van der Waals surface area contributed by atoms with Crippen LogP contribution in [0.25, 0.3) is 0 Å². The Labute approximate surface area is 156 Å². The lowest BCUT2D eigenvalue weighted by molar-refractivity contribution is -0.128. The van der Waals surface area contributed by atoms with Gasteiger partial charge in [-0.15, -0.1) is 0 Å². The summed E-state index contributed by atoms with van der Waals surface area (Å²) in [5.74, 6) is -0.0925. The van der Waals surface area contributed by atoms with E-state index in [1.807, 2.05) is 52.0 Å². The van der Waals surface area contributed by atoms with Crippen molar-refractivity contribution in [3.05, 3.63) is 29.8 Å². The molecular formula is C20H31N3O3. The lowest BCUT2D eigenvalue weighted by atomic mass is 9.96. The molecule has 1 aromatic rings. The molecule has 1 atom stereocenters. The van der Waals surface area contributed by atoms with Gasteiger partial charge < -0.3 is 16.0 Å². The Morgan fingerprint density at radius 2 is 1.65 bits per heavy atom. The van der Waals surface area contributed by atoms with E-state index in [4.69, 9.17) is 0 Å². The Kier molecular flexibility index (Phi) is 8.29. The number of hydrogen-bond acceptors (Lipinski definition) is 3. The van der Waals surface area contributed by atoms with E-state index in [1.54, 1.807) is 6.92 Å². The van der Waals surface area contributed by atoms with Crippen LogP contribution in [0, 0.1) is 5.41 Å². The molecule has 1 unspecified atom stereocenters. The first kappa shape index (κ1) is 21.7. The first-order chi connectivity index (χ1) is 12.1. The second-order valence-electron chi connectivity index (χ2n) is 7.42. The number of nitrogens with one attached hydrogen (secondary N) is 3. The zero-order valence-electron chi connectivity index (χ0n) is 16.4. The van der Waals surface area contributed by atoms with Gasteiger partial charge in [-0.25, -0.2) is 0 Å². The lowest BCUT2D eigenvalue weighted by Crippen LogP contribution is -2.36. The molecule has 0 saturated carbocycles. The van der Waals surface area contributed by atoms with E-state index < -0.39 is 5.41 Å². The van der Waals surface area contributed by atoms with Crippen LogP contribution < -0.4 is 16.0 Å². The number of carbonyl (C=O) groups excluding carboxylic acids is 3. The van der Waals surface area contributed by atoms with Gasteiger partial charge in [-0.2, -0.15) is 0 Å². The van der Waals surface area contributed by atoms with Crippen LogP contribution in [0.5, 0.6) is 0 Å². The minimum atomic E-state index is -0.417. The van der Waals surface area contributed by atoms with Crippen molar-refractivity contribution in [2.24, 2.45) is 5.41 Å². The van der Waals surface area contributed by atoms with Crippen molar-refractivity contribution >= 4 is 23.4 Å². The largest absolute Gasteiger partial charge is 0.356 e. The van der Waals surface area contributed by atoms with Gasteiger partial charge in [-0.05, 0) is 31.0 Å². The lowest BCUT2D eigenvalue weighted by Gasteiger charge is -2.18. The summed E-state index contributed by atoms with van der Waals surface area (Å²) >= 11 is 0. The second kappa shape index (κ2) is 9.94. The number of anilines is 1. The van der Waals surface area contributed by atoms with Crippen molar-refractivity contribution in [1.29, 1.82) is 0 Å². The van der Waals surface area contributed by atoms with Gasteiger partial charge in [-0.3, -0.25) is 14.4 Å². The van der Waals surface area contributed by atoms with Gasteiger partial charge in [0.1, 0.15) is 0 Å². The second-order valence-corrected chi connectivity index (χ2v) is 7.42. The standard InChI is InChI=1S/C20H31N3O3/c1-6-17(24)23-16-11-9-15(10-12-16)14(2)22-18(25)8-7-13-21-19(26)20(3,4)5/h9-12,14H,6-8,13H2,1-5H3,(H,21,26)(H,22,25)(H,23,24). The summed E-state index contributed by atoms with van der Waals surface area (Å²) in [7, 11) is 0. The van der Waals surface area contributed by atoms with Crippen molar-refractivity contribution in [3.63, 3.8) is 0 Å². The van der Waals surface area contributed by atoms with Crippen molar-refractivity contribution in [2.75, 3.05) is 11.9 Å². The van der Waals surface area contributed by atoms with Crippen molar-refractivity contribution in [3.8, 4) is 0 Å². The molecule has 0 radical (unpaired) electrons. The van der Waals surface area contributed by atoms with Crippen molar-refractivity contribution < 1.29 is 14.4 Å². The molecule has 0 fully saturated rings. The molecule has 0 aliphatic heterocycles. The number of benzene rings is 1. The summed E-state index contributed by atoms with van der Waals surface area (Å²) in [6, 6.07) is 7.31. The Bertz CT molecular complexity index is 618. The highest BCUT2D eigenvalue weighted by atomic mass is 16.2. The number of amides is 3. The molecular weight excluding hydrogens is 330 g/mol. The highest BCUT2D eigenvalue weighted by Crippen LogP contribution is 2.16. The fraction of sp³-hybridized carbons (Fsp3) is 0.550. The third-order valence-electron chi connectivity index (χ3n) is 3.94. The molecule has 6 heteroatoms. The van der Waals surface area contributed by atoms with Gasteiger partial charge in [0.15, 0.2) is 0 Å². The molecule has 0 aromatic heterocycles. The van der Waals surface area contributed by atoms with E-state index in [0.717, 1.165) is 11.3 Å². The third-order valence-corrected chi connectivity index (χ3v) is 3.94. The summed E-state index contributed by atoms with van der Waals surface area (Å²) in [5.41, 5.74) is 1.29. The van der Waals surface area contributed by atoms with Crippen molar-refractivity contribution in [2.45, 2.75) is 59.9 Å². The summed E-state index contributed by atoms with van der Waals surface area (Å²) in [4.78, 5) is 35.2. The average molecular weight is 361 g/mol. The Morgan fingerprint density at radius 3 is 2.19 bits per heavy atom. The fourth-order valence-corrected chi connectivity index (χ4v) is 2.22. The van der Waals surface area contributed by atoms with E-state index in [-0.39, 0.29) is 23.8 Å². The van der Waals surface area contributed by atoms with Gasteiger partial charge in [0.25, 0.3) is 0 Å². The van der Waals surface area contributed by atoms with Crippen LogP contribution in [-0.4, -0.2) is 24.3 Å². The Morgan fingerprint density at radius 1 is 1.04 bits per heavy atom. The van der Waals surface area contributed by atoms with Crippen molar-refractivity contribution in [1.82, 2.24) is 10.6 Å². The summed E-state index contributed by atoms with van der Waals surface area (Å²) in [6.07, 6.45) is 1.40. The van der Waals surface area contributed by atoms with Crippen LogP contribution in [0.2, 0.25) is 0 Å². The molecule has 0 bridgehead atoms. The maximum atomic E-state index is 12.0. The number of rotatable bonds is 8. The van der Waals surface area contributed by atoms with Gasteiger partial charge in [0, 0.05) is 30.5 Å². The zero-order chi connectivity index (χ0) is 19.7. The SMILES string of the molecule is CCC(=O)Nc1ccc(C(C)NC(=O)CCCNC(=O)C(C)(C)C)cc1. The van der Waals surface area contributed by atoms with E-state index in [9.17, 15) is 14.4 Å². The molecule has 1 aromatic carbocycles. The van der Waals surface area contributed by atoms with Crippen LogP contribution in [0.4, 0.5) is 5.69 Å². The Balaban J connectivity index is 2.37. The molecule has 0 saturated heterocycles. The summed E-state index contributed by atoms with van der Waals surface area (Å²) in [5, 5.41) is 8.57. The normalized spacial score (nSPS) is 12.2. The predicted octanol–water partition coefficient (Wildman–Crippen LogP) is 3.15. The highest BCUT2D eigenvalue weighted by molar-refractivity contribution is 5.90. The zero-order valence-corrected chi connectivity index (χ0v) is 16.4. The predicted molar refractivity (Wildman–Crippen MR) is 104 cm³/mol.